The molecule has 0 heterocycles. The molecule has 1 nitrogen and oxygen atoms in total. The van der Waals surface area contributed by atoms with Gasteiger partial charge in [-0.1, -0.05) is 13.3 Å². The quantitative estimate of drug-likeness (QED) is 0.646. The third kappa shape index (κ3) is 2.65. The summed E-state index contributed by atoms with van der Waals surface area (Å²) in [5, 5.41) is 8.52. The highest BCUT2D eigenvalue weighted by Gasteiger charge is 2.47. The number of hydrogen-bond acceptors (Lipinski definition) is 1. The zero-order chi connectivity index (χ0) is 9.07. The molecule has 0 aromatic rings. The lowest BCUT2D eigenvalue weighted by molar-refractivity contribution is -0.192. The Morgan fingerprint density at radius 1 is 1.36 bits per heavy atom. The fourth-order valence-corrected chi connectivity index (χ4v) is 0.611. The third-order valence-corrected chi connectivity index (χ3v) is 1.30. The molecule has 0 radical (unpaired) electrons. The Hall–Kier alpha value is -0.320. The van der Waals surface area contributed by atoms with Crippen molar-refractivity contribution in [3.05, 3.63) is 0 Å². The Bertz CT molecular complexity index is 115. The van der Waals surface area contributed by atoms with E-state index >= 15 is 0 Å². The van der Waals surface area contributed by atoms with E-state index < -0.39 is 18.5 Å². The molecule has 0 bridgehead atoms. The summed E-state index contributed by atoms with van der Waals surface area (Å²) in [4.78, 5) is 0. The molecule has 0 aromatic heterocycles. The molecule has 1 N–H and O–H groups in total. The van der Waals surface area contributed by atoms with Crippen LogP contribution in [0.5, 0.6) is 0 Å². The largest absolute Gasteiger partial charge is 0.387 e. The molecule has 5 heteroatoms. The van der Waals surface area contributed by atoms with E-state index in [2.05, 4.69) is 0 Å². The summed E-state index contributed by atoms with van der Waals surface area (Å²) in [6.45, 7) is 1.53. The molecule has 68 valence electrons. The van der Waals surface area contributed by atoms with E-state index in [1.807, 2.05) is 0 Å². The van der Waals surface area contributed by atoms with Crippen molar-refractivity contribution in [2.45, 2.75) is 38.2 Å². The second kappa shape index (κ2) is 3.90. The van der Waals surface area contributed by atoms with Crippen LogP contribution in [0.25, 0.3) is 0 Å². The van der Waals surface area contributed by atoms with Crippen molar-refractivity contribution in [1.82, 2.24) is 0 Å². The molecular formula is C6H10F4O. The number of hydrogen-bond donors (Lipinski definition) is 1. The number of rotatable bonds is 4. The molecule has 1 atom stereocenters. The normalized spacial score (nSPS) is 15.5. The molecule has 0 saturated heterocycles. The van der Waals surface area contributed by atoms with Crippen LogP contribution in [0.4, 0.5) is 17.6 Å². The van der Waals surface area contributed by atoms with E-state index in [0.717, 1.165) is 0 Å². The number of halogens is 4. The standard InChI is InChI=1S/C6H10F4O/c1-2-3-4(11)6(9,10)5(7)8/h4-5,11H,2-3H2,1H3. The fourth-order valence-electron chi connectivity index (χ4n) is 0.611. The molecule has 0 amide bonds. The van der Waals surface area contributed by atoms with Gasteiger partial charge in [0, 0.05) is 0 Å². The number of alkyl halides is 4. The lowest BCUT2D eigenvalue weighted by atomic mass is 10.1. The minimum Gasteiger partial charge on any atom is -0.387 e. The van der Waals surface area contributed by atoms with Gasteiger partial charge in [0.2, 0.25) is 0 Å². The topological polar surface area (TPSA) is 20.2 Å². The van der Waals surface area contributed by atoms with Crippen LogP contribution in [0.2, 0.25) is 0 Å². The first-order valence-corrected chi connectivity index (χ1v) is 3.27. The van der Waals surface area contributed by atoms with Crippen LogP contribution in [-0.4, -0.2) is 23.6 Å². The predicted molar refractivity (Wildman–Crippen MR) is 31.9 cm³/mol. The van der Waals surface area contributed by atoms with E-state index in [1.165, 1.54) is 6.92 Å². The maximum Gasteiger partial charge on any atom is 0.332 e. The lowest BCUT2D eigenvalue weighted by Gasteiger charge is -2.20. The maximum absolute atomic E-state index is 12.1. The van der Waals surface area contributed by atoms with Gasteiger partial charge >= 0.3 is 12.3 Å². The van der Waals surface area contributed by atoms with E-state index in [9.17, 15) is 17.6 Å². The summed E-state index contributed by atoms with van der Waals surface area (Å²) in [5.41, 5.74) is 0. The monoisotopic (exact) mass is 174 g/mol. The van der Waals surface area contributed by atoms with Crippen molar-refractivity contribution in [2.75, 3.05) is 0 Å². The molecule has 0 saturated carbocycles. The molecule has 0 aliphatic heterocycles. The molecule has 0 spiro atoms. The Labute approximate surface area is 62.0 Å². The van der Waals surface area contributed by atoms with Crippen LogP contribution < -0.4 is 0 Å². The molecule has 0 aromatic carbocycles. The van der Waals surface area contributed by atoms with Crippen molar-refractivity contribution in [3.63, 3.8) is 0 Å². The number of aliphatic hydroxyl groups excluding tert-OH is 1. The van der Waals surface area contributed by atoms with Crippen LogP contribution in [0.15, 0.2) is 0 Å². The molecule has 0 aliphatic carbocycles. The maximum atomic E-state index is 12.1. The summed E-state index contributed by atoms with van der Waals surface area (Å²) in [6, 6.07) is 0. The van der Waals surface area contributed by atoms with Gasteiger partial charge in [0.15, 0.2) is 0 Å². The van der Waals surface area contributed by atoms with E-state index in [1.54, 1.807) is 0 Å². The second-order valence-electron chi connectivity index (χ2n) is 2.28. The van der Waals surface area contributed by atoms with E-state index in [4.69, 9.17) is 5.11 Å². The van der Waals surface area contributed by atoms with Crippen molar-refractivity contribution < 1.29 is 22.7 Å². The van der Waals surface area contributed by atoms with E-state index in [-0.39, 0.29) is 12.8 Å². The van der Waals surface area contributed by atoms with E-state index in [0.29, 0.717) is 0 Å². The molecule has 11 heavy (non-hydrogen) atoms. The van der Waals surface area contributed by atoms with Gasteiger partial charge < -0.3 is 5.11 Å². The second-order valence-corrected chi connectivity index (χ2v) is 2.28. The highest BCUT2D eigenvalue weighted by atomic mass is 19.3. The SMILES string of the molecule is CCCC(O)C(F)(F)C(F)F. The van der Waals surface area contributed by atoms with Crippen LogP contribution in [0, 0.1) is 0 Å². The Balaban J connectivity index is 4.05. The van der Waals surface area contributed by atoms with Gasteiger partial charge in [-0.2, -0.15) is 8.78 Å². The van der Waals surface area contributed by atoms with Crippen molar-refractivity contribution >= 4 is 0 Å². The van der Waals surface area contributed by atoms with Crippen LogP contribution in [0.3, 0.4) is 0 Å². The van der Waals surface area contributed by atoms with Crippen molar-refractivity contribution in [1.29, 1.82) is 0 Å². The first-order valence-electron chi connectivity index (χ1n) is 3.27. The van der Waals surface area contributed by atoms with Gasteiger partial charge in [-0.05, 0) is 6.42 Å². The van der Waals surface area contributed by atoms with Gasteiger partial charge in [0.1, 0.15) is 6.10 Å². The Morgan fingerprint density at radius 3 is 2.09 bits per heavy atom. The first kappa shape index (κ1) is 10.7. The molecule has 0 rings (SSSR count). The third-order valence-electron chi connectivity index (χ3n) is 1.30. The highest BCUT2D eigenvalue weighted by Crippen LogP contribution is 2.28. The minimum absolute atomic E-state index is 0.253. The predicted octanol–water partition coefficient (Wildman–Crippen LogP) is 2.05. The van der Waals surface area contributed by atoms with Crippen LogP contribution >= 0.6 is 0 Å². The van der Waals surface area contributed by atoms with Gasteiger partial charge in [0.05, 0.1) is 0 Å². The average molecular weight is 174 g/mol. The zero-order valence-electron chi connectivity index (χ0n) is 6.03. The summed E-state index contributed by atoms with van der Waals surface area (Å²) < 4.78 is 47.2. The van der Waals surface area contributed by atoms with Gasteiger partial charge in [-0.15, -0.1) is 0 Å². The summed E-state index contributed by atoms with van der Waals surface area (Å²) in [7, 11) is 0. The smallest absolute Gasteiger partial charge is 0.332 e. The van der Waals surface area contributed by atoms with Crippen LogP contribution in [0.1, 0.15) is 19.8 Å². The fraction of sp³-hybridized carbons (Fsp3) is 1.00. The first-order chi connectivity index (χ1) is 4.92. The van der Waals surface area contributed by atoms with Crippen LogP contribution in [-0.2, 0) is 0 Å². The minimum atomic E-state index is -4.27. The molecular weight excluding hydrogens is 164 g/mol. The lowest BCUT2D eigenvalue weighted by Crippen LogP contribution is -2.40. The Kier molecular flexibility index (Phi) is 3.78. The summed E-state index contributed by atoms with van der Waals surface area (Å²) in [6.07, 6.45) is -6.07. The average Bonchev–Trinajstić information content (AvgIpc) is 1.88. The summed E-state index contributed by atoms with van der Waals surface area (Å²) in [5.74, 6) is -4.27. The number of aliphatic hydroxyl groups is 1. The molecule has 1 unspecified atom stereocenters. The highest BCUT2D eigenvalue weighted by molar-refractivity contribution is 4.78. The molecule has 0 aliphatic rings. The zero-order valence-corrected chi connectivity index (χ0v) is 6.03. The molecule has 0 fully saturated rings. The van der Waals surface area contributed by atoms with Gasteiger partial charge in [0.25, 0.3) is 0 Å². The van der Waals surface area contributed by atoms with Crippen molar-refractivity contribution in [3.8, 4) is 0 Å². The van der Waals surface area contributed by atoms with Gasteiger partial charge in [-0.25, -0.2) is 8.78 Å². The Morgan fingerprint density at radius 2 is 1.82 bits per heavy atom. The van der Waals surface area contributed by atoms with Crippen molar-refractivity contribution in [2.24, 2.45) is 0 Å². The van der Waals surface area contributed by atoms with Gasteiger partial charge in [-0.3, -0.25) is 0 Å². The summed E-state index contributed by atoms with van der Waals surface area (Å²) >= 11 is 0.